The largest absolute Gasteiger partial charge is 0.453 e. The lowest BCUT2D eigenvalue weighted by molar-refractivity contribution is 0.0950. The normalized spacial score (nSPS) is 10.6. The molecule has 8 heteroatoms. The first-order chi connectivity index (χ1) is 15.0. The van der Waals surface area contributed by atoms with E-state index in [1.165, 1.54) is 19.2 Å². The highest BCUT2D eigenvalue weighted by Gasteiger charge is 2.11. The number of hydrogen-bond acceptors (Lipinski definition) is 4. The lowest BCUT2D eigenvalue weighted by atomic mass is 10.1. The number of halogens is 1. The van der Waals surface area contributed by atoms with E-state index in [9.17, 15) is 14.0 Å². The molecule has 0 spiro atoms. The number of benzene rings is 2. The summed E-state index contributed by atoms with van der Waals surface area (Å²) < 4.78 is 19.4. The van der Waals surface area contributed by atoms with Gasteiger partial charge in [0.15, 0.2) is 0 Å². The van der Waals surface area contributed by atoms with Gasteiger partial charge in [-0.3, -0.25) is 14.5 Å². The molecule has 0 fully saturated rings. The summed E-state index contributed by atoms with van der Waals surface area (Å²) in [7, 11) is 1.30. The first kappa shape index (κ1) is 20.1. The van der Waals surface area contributed by atoms with Crippen molar-refractivity contribution in [2.75, 3.05) is 12.4 Å². The van der Waals surface area contributed by atoms with E-state index in [2.05, 4.69) is 20.4 Å². The number of amides is 2. The molecule has 0 aliphatic rings. The fourth-order valence-electron chi connectivity index (χ4n) is 3.11. The van der Waals surface area contributed by atoms with E-state index in [0.29, 0.717) is 23.4 Å². The summed E-state index contributed by atoms with van der Waals surface area (Å²) in [4.78, 5) is 28.3. The van der Waals surface area contributed by atoms with Crippen molar-refractivity contribution in [1.29, 1.82) is 0 Å². The molecule has 0 aliphatic heterocycles. The van der Waals surface area contributed by atoms with E-state index in [4.69, 9.17) is 0 Å². The maximum absolute atomic E-state index is 13.0. The molecule has 4 rings (SSSR count). The summed E-state index contributed by atoms with van der Waals surface area (Å²) in [5.41, 5.74) is 4.24. The molecule has 7 nitrogen and oxygen atoms in total. The fourth-order valence-corrected chi connectivity index (χ4v) is 3.11. The van der Waals surface area contributed by atoms with Gasteiger partial charge in [0.1, 0.15) is 11.5 Å². The summed E-state index contributed by atoms with van der Waals surface area (Å²) in [6.45, 7) is 0.294. The molecule has 0 unspecified atom stereocenters. The SMILES string of the molecule is COC(=O)Nc1ccc(-c2cnc3ccc(C(=O)NCc4ccc(F)cc4)cn23)cc1. The van der Waals surface area contributed by atoms with E-state index in [1.54, 1.807) is 48.8 Å². The third-order valence-corrected chi connectivity index (χ3v) is 4.75. The predicted molar refractivity (Wildman–Crippen MR) is 114 cm³/mol. The second kappa shape index (κ2) is 8.66. The van der Waals surface area contributed by atoms with Crippen molar-refractivity contribution in [2.45, 2.75) is 6.54 Å². The Kier molecular flexibility index (Phi) is 5.61. The molecule has 31 heavy (non-hydrogen) atoms. The van der Waals surface area contributed by atoms with Crippen molar-refractivity contribution in [3.8, 4) is 11.3 Å². The Hall–Kier alpha value is -4.20. The minimum atomic E-state index is -0.543. The van der Waals surface area contributed by atoms with Gasteiger partial charge in [-0.1, -0.05) is 24.3 Å². The molecule has 0 bridgehead atoms. The summed E-state index contributed by atoms with van der Waals surface area (Å²) >= 11 is 0. The van der Waals surface area contributed by atoms with Crippen LogP contribution in [0.2, 0.25) is 0 Å². The monoisotopic (exact) mass is 418 g/mol. The summed E-state index contributed by atoms with van der Waals surface area (Å²) in [5, 5.41) is 5.43. The number of hydrogen-bond donors (Lipinski definition) is 2. The van der Waals surface area contributed by atoms with Crippen molar-refractivity contribution in [1.82, 2.24) is 14.7 Å². The zero-order chi connectivity index (χ0) is 21.8. The second-order valence-electron chi connectivity index (χ2n) is 6.79. The van der Waals surface area contributed by atoms with Crippen LogP contribution in [0, 0.1) is 5.82 Å². The molecule has 0 saturated carbocycles. The summed E-state index contributed by atoms with van der Waals surface area (Å²) in [6, 6.07) is 16.6. The van der Waals surface area contributed by atoms with Crippen molar-refractivity contribution in [3.05, 3.63) is 90.0 Å². The third kappa shape index (κ3) is 4.53. The van der Waals surface area contributed by atoms with Crippen LogP contribution in [0.4, 0.5) is 14.9 Å². The smallest absolute Gasteiger partial charge is 0.411 e. The van der Waals surface area contributed by atoms with Gasteiger partial charge in [-0.05, 0) is 42.0 Å². The quantitative estimate of drug-likeness (QED) is 0.508. The van der Waals surface area contributed by atoms with E-state index in [1.807, 2.05) is 16.5 Å². The van der Waals surface area contributed by atoms with Gasteiger partial charge in [0.2, 0.25) is 0 Å². The highest BCUT2D eigenvalue weighted by atomic mass is 19.1. The fraction of sp³-hybridized carbons (Fsp3) is 0.0870. The third-order valence-electron chi connectivity index (χ3n) is 4.75. The highest BCUT2D eigenvalue weighted by molar-refractivity contribution is 5.94. The van der Waals surface area contributed by atoms with Gasteiger partial charge in [0.25, 0.3) is 5.91 Å². The molecule has 0 radical (unpaired) electrons. The minimum absolute atomic E-state index is 0.247. The van der Waals surface area contributed by atoms with Crippen molar-refractivity contribution in [3.63, 3.8) is 0 Å². The molecule has 0 atom stereocenters. The number of ether oxygens (including phenoxy) is 1. The Bertz CT molecular complexity index is 1230. The van der Waals surface area contributed by atoms with Gasteiger partial charge in [-0.2, -0.15) is 0 Å². The van der Waals surface area contributed by atoms with E-state index in [0.717, 1.165) is 16.8 Å². The molecule has 4 aromatic rings. The highest BCUT2D eigenvalue weighted by Crippen LogP contribution is 2.23. The Morgan fingerprint density at radius 1 is 1.03 bits per heavy atom. The maximum atomic E-state index is 13.0. The zero-order valence-corrected chi connectivity index (χ0v) is 16.6. The molecule has 2 amide bonds. The first-order valence-electron chi connectivity index (χ1n) is 9.48. The van der Waals surface area contributed by atoms with Gasteiger partial charge in [0, 0.05) is 24.0 Å². The Morgan fingerprint density at radius 3 is 2.48 bits per heavy atom. The number of pyridine rings is 1. The topological polar surface area (TPSA) is 84.7 Å². The molecule has 156 valence electrons. The summed E-state index contributed by atoms with van der Waals surface area (Å²) in [5.74, 6) is -0.564. The van der Waals surface area contributed by atoms with E-state index < -0.39 is 6.09 Å². The van der Waals surface area contributed by atoms with Crippen LogP contribution in [-0.4, -0.2) is 28.5 Å². The van der Waals surface area contributed by atoms with Gasteiger partial charge >= 0.3 is 6.09 Å². The number of aromatic nitrogens is 2. The van der Waals surface area contributed by atoms with Crippen LogP contribution in [0.15, 0.2) is 73.1 Å². The Balaban J connectivity index is 1.53. The average Bonchev–Trinajstić information content (AvgIpc) is 3.22. The number of carbonyl (C=O) groups is 2. The summed E-state index contributed by atoms with van der Waals surface area (Å²) in [6.07, 6.45) is 2.90. The molecular formula is C23H19FN4O3. The molecule has 2 aromatic carbocycles. The Morgan fingerprint density at radius 2 is 1.77 bits per heavy atom. The lowest BCUT2D eigenvalue weighted by Gasteiger charge is -2.08. The molecule has 2 aromatic heterocycles. The second-order valence-corrected chi connectivity index (χ2v) is 6.79. The molecule has 2 heterocycles. The molecule has 2 N–H and O–H groups in total. The number of rotatable bonds is 5. The number of methoxy groups -OCH3 is 1. The standard InChI is InChI=1S/C23H19FN4O3/c1-31-23(30)27-19-9-4-16(5-10-19)20-13-25-21-11-6-17(14-28(20)21)22(29)26-12-15-2-7-18(24)8-3-15/h2-11,13-14H,12H2,1H3,(H,26,29)(H,27,30). The number of fused-ring (bicyclic) bond motifs is 1. The van der Waals surface area contributed by atoms with E-state index >= 15 is 0 Å². The van der Waals surface area contributed by atoms with Crippen LogP contribution in [0.1, 0.15) is 15.9 Å². The van der Waals surface area contributed by atoms with Crippen LogP contribution >= 0.6 is 0 Å². The van der Waals surface area contributed by atoms with Crippen molar-refractivity contribution in [2.24, 2.45) is 0 Å². The molecule has 0 saturated heterocycles. The molecular weight excluding hydrogens is 399 g/mol. The van der Waals surface area contributed by atoms with Crippen LogP contribution in [-0.2, 0) is 11.3 Å². The maximum Gasteiger partial charge on any atom is 0.411 e. The van der Waals surface area contributed by atoms with Gasteiger partial charge < -0.3 is 10.1 Å². The number of nitrogens with zero attached hydrogens (tertiary/aromatic N) is 2. The van der Waals surface area contributed by atoms with Crippen LogP contribution in [0.25, 0.3) is 16.9 Å². The van der Waals surface area contributed by atoms with Crippen molar-refractivity contribution >= 4 is 23.3 Å². The van der Waals surface area contributed by atoms with Crippen LogP contribution in [0.3, 0.4) is 0 Å². The average molecular weight is 418 g/mol. The number of carbonyl (C=O) groups excluding carboxylic acids is 2. The van der Waals surface area contributed by atoms with Crippen molar-refractivity contribution < 1.29 is 18.7 Å². The van der Waals surface area contributed by atoms with Crippen LogP contribution < -0.4 is 10.6 Å². The van der Waals surface area contributed by atoms with E-state index in [-0.39, 0.29) is 11.7 Å². The van der Waals surface area contributed by atoms with Gasteiger partial charge in [0.05, 0.1) is 24.6 Å². The number of anilines is 1. The number of imidazole rings is 1. The first-order valence-corrected chi connectivity index (χ1v) is 9.48. The minimum Gasteiger partial charge on any atom is -0.453 e. The lowest BCUT2D eigenvalue weighted by Crippen LogP contribution is -2.23. The number of nitrogens with one attached hydrogen (secondary N) is 2. The van der Waals surface area contributed by atoms with Gasteiger partial charge in [-0.15, -0.1) is 0 Å². The Labute approximate surface area is 177 Å². The van der Waals surface area contributed by atoms with Crippen LogP contribution in [0.5, 0.6) is 0 Å². The molecule has 0 aliphatic carbocycles. The predicted octanol–water partition coefficient (Wildman–Crippen LogP) is 4.25. The zero-order valence-electron chi connectivity index (χ0n) is 16.6. The van der Waals surface area contributed by atoms with Gasteiger partial charge in [-0.25, -0.2) is 14.2 Å².